The van der Waals surface area contributed by atoms with Crippen LogP contribution in [0.15, 0.2) is 32.4 Å². The summed E-state index contributed by atoms with van der Waals surface area (Å²) in [5.74, 6) is -15.2. The van der Waals surface area contributed by atoms with Crippen molar-refractivity contribution in [3.8, 4) is 0 Å². The van der Waals surface area contributed by atoms with Gasteiger partial charge in [0, 0.05) is 100 Å². The Balaban J connectivity index is 2.07. The van der Waals surface area contributed by atoms with Crippen LogP contribution >= 0.6 is 0 Å². The van der Waals surface area contributed by atoms with Crippen LogP contribution in [0.2, 0.25) is 0 Å². The smallest absolute Gasteiger partial charge is 0.307 e. The van der Waals surface area contributed by atoms with Gasteiger partial charge in [0.2, 0.25) is 0 Å². The third kappa shape index (κ3) is 9.40. The zero-order valence-corrected chi connectivity index (χ0v) is 36.2. The minimum atomic E-state index is -2.42. The number of hydrogen-bond acceptors (Lipinski definition) is 12. The van der Waals surface area contributed by atoms with Gasteiger partial charge in [-0.3, -0.25) is 58.1 Å². The maximum atomic E-state index is 14.8. The average molecular weight is 909 g/mol. The highest BCUT2D eigenvalue weighted by Crippen LogP contribution is 2.60. The van der Waals surface area contributed by atoms with E-state index in [1.165, 1.54) is 32.9 Å². The molecule has 0 aliphatic carbocycles. The molecule has 0 amide bonds. The molecule has 4 aliphatic rings. The molecule has 1 aromatic heterocycles. The fourth-order valence-electron chi connectivity index (χ4n) is 10.8. The van der Waals surface area contributed by atoms with E-state index in [4.69, 9.17) is 15.0 Å². The minimum Gasteiger partial charge on any atom is -0.481 e. The molecule has 9 N–H and O–H groups in total. The van der Waals surface area contributed by atoms with Crippen molar-refractivity contribution < 1.29 is 84.0 Å². The van der Waals surface area contributed by atoms with E-state index in [1.807, 2.05) is 0 Å². The lowest BCUT2D eigenvalue weighted by Gasteiger charge is -2.45. The molecule has 21 nitrogen and oxygen atoms in total. The molecule has 350 valence electrons. The second-order valence-corrected chi connectivity index (χ2v) is 18.0. The molecular weight excluding hydrogens is 856 g/mol. The van der Waals surface area contributed by atoms with Crippen LogP contribution < -0.4 is 0 Å². The number of aliphatic imine (C=N–C) groups is 3. The number of fused-ring (bicyclic) bond motifs is 6. The zero-order chi connectivity index (χ0) is 48.6. The first kappa shape index (κ1) is 49.2. The van der Waals surface area contributed by atoms with Crippen LogP contribution in [0.25, 0.3) is 6.08 Å². The predicted octanol–water partition coefficient (Wildman–Crippen LogP) is 4.02. The highest BCUT2D eigenvalue weighted by atomic mass is 16.4. The quantitative estimate of drug-likeness (QED) is 0.0841. The van der Waals surface area contributed by atoms with Crippen LogP contribution in [0, 0.1) is 34.0 Å². The molecule has 8 bridgehead atoms. The SMILES string of the molecule is CC(=O)C12N=C(C=C3N=C(Cc4[nH]c(c(CCC(=O)O)c4CC(=O)O)C=C4N=C1C(CC(=O)O)[C@@]4(C)CCC(=O)O)C(CCC(=O)O)[C@]3(C)CC(=O)O)[C@@H](CCC(=O)O)[C@]2(C)CC(=O)O. The van der Waals surface area contributed by atoms with Gasteiger partial charge in [0.15, 0.2) is 11.3 Å². The van der Waals surface area contributed by atoms with Crippen molar-refractivity contribution in [3.63, 3.8) is 0 Å². The largest absolute Gasteiger partial charge is 0.481 e. The summed E-state index contributed by atoms with van der Waals surface area (Å²) in [5.41, 5.74) is -7.27. The summed E-state index contributed by atoms with van der Waals surface area (Å²) in [6.45, 7) is 5.50. The summed E-state index contributed by atoms with van der Waals surface area (Å²) in [5, 5.41) is 81.2. The molecule has 0 fully saturated rings. The molecule has 0 saturated carbocycles. The molecule has 21 heteroatoms. The van der Waals surface area contributed by atoms with Crippen LogP contribution in [0.4, 0.5) is 0 Å². The Morgan fingerprint density at radius 2 is 1.20 bits per heavy atom. The van der Waals surface area contributed by atoms with Gasteiger partial charge in [-0.2, -0.15) is 0 Å². The molecule has 0 aromatic carbocycles. The molecule has 7 atom stereocenters. The third-order valence-corrected chi connectivity index (χ3v) is 13.8. The van der Waals surface area contributed by atoms with Crippen LogP contribution in [-0.2, 0) is 62.4 Å². The number of carbonyl (C=O) groups excluding carboxylic acids is 1. The number of allylic oxidation sites excluding steroid dienone is 3. The van der Waals surface area contributed by atoms with Crippen molar-refractivity contribution in [2.75, 3.05) is 0 Å². The number of carbonyl (C=O) groups is 9. The summed E-state index contributed by atoms with van der Waals surface area (Å²) in [6, 6.07) is 0. The first-order valence-electron chi connectivity index (χ1n) is 20.9. The van der Waals surface area contributed by atoms with Crippen LogP contribution in [0.1, 0.15) is 114 Å². The fourth-order valence-corrected chi connectivity index (χ4v) is 10.8. The van der Waals surface area contributed by atoms with E-state index < -0.39 is 144 Å². The fraction of sp³-hybridized carbons (Fsp3) is 0.545. The van der Waals surface area contributed by atoms with Crippen LogP contribution in [-0.4, -0.2) is 122 Å². The van der Waals surface area contributed by atoms with E-state index in [-0.39, 0.29) is 83.1 Å². The maximum Gasteiger partial charge on any atom is 0.307 e. The predicted molar refractivity (Wildman–Crippen MR) is 226 cm³/mol. The van der Waals surface area contributed by atoms with Gasteiger partial charge < -0.3 is 45.8 Å². The summed E-state index contributed by atoms with van der Waals surface area (Å²) in [7, 11) is 0. The normalized spacial score (nSPS) is 27.8. The number of aliphatic carboxylic acids is 8. The average Bonchev–Trinajstić information content (AvgIpc) is 3.78. The van der Waals surface area contributed by atoms with Gasteiger partial charge >= 0.3 is 47.8 Å². The van der Waals surface area contributed by atoms with Gasteiger partial charge in [-0.15, -0.1) is 0 Å². The standard InChI is InChI=1S/C44H52N4O17/c1-20(49)44-40-25(14-37(60)61)41(2,12-11-35(56)57)30(47-40)16-27-21(5-8-32(50)51)22(13-36(58)59)26(45-27)15-28-23(6-9-33(52)53)42(3,18-38(62)63)31(46-28)17-29(48-44)24(7-10-34(54)55)43(44,4)19-39(64)65/h16-17,23-25,45H,5-15,18-19H2,1-4H3,(H,50,51)(H,52,53)(H,54,55)(H,56,57)(H,58,59)(H,60,61)(H,62,63)(H,64,65)/t23?,24-,25?,41-,42+,43+,44?/m1/s1. The van der Waals surface area contributed by atoms with Gasteiger partial charge in [-0.1, -0.05) is 20.8 Å². The second-order valence-electron chi connectivity index (χ2n) is 18.0. The van der Waals surface area contributed by atoms with Gasteiger partial charge in [-0.25, -0.2) is 0 Å². The van der Waals surface area contributed by atoms with E-state index in [9.17, 15) is 84.0 Å². The highest BCUT2D eigenvalue weighted by molar-refractivity contribution is 6.22. The van der Waals surface area contributed by atoms with Crippen molar-refractivity contribution in [3.05, 3.63) is 40.0 Å². The number of rotatable bonds is 21. The molecule has 5 rings (SSSR count). The van der Waals surface area contributed by atoms with Crippen molar-refractivity contribution in [1.82, 2.24) is 4.98 Å². The molecule has 0 saturated heterocycles. The molecule has 3 unspecified atom stereocenters. The Morgan fingerprint density at radius 1 is 0.631 bits per heavy atom. The Morgan fingerprint density at radius 3 is 1.72 bits per heavy atom. The summed E-state index contributed by atoms with van der Waals surface area (Å²) in [6.07, 6.45) is -3.88. The monoisotopic (exact) mass is 908 g/mol. The number of aromatic nitrogens is 1. The van der Waals surface area contributed by atoms with Gasteiger partial charge in [-0.05, 0) is 55.9 Å². The molecule has 1 aromatic rings. The first-order chi connectivity index (χ1) is 30.2. The molecule has 4 aliphatic heterocycles. The molecule has 5 heterocycles. The molecular formula is C44H52N4O17. The Kier molecular flexibility index (Phi) is 13.9. The van der Waals surface area contributed by atoms with Crippen molar-refractivity contribution >= 4 is 76.7 Å². The topological polar surface area (TPSA) is 368 Å². The van der Waals surface area contributed by atoms with Gasteiger partial charge in [0.05, 0.1) is 31.4 Å². The first-order valence-corrected chi connectivity index (χ1v) is 20.9. The van der Waals surface area contributed by atoms with Crippen LogP contribution in [0.5, 0.6) is 0 Å². The number of carboxylic acid groups (broad SMARTS) is 8. The van der Waals surface area contributed by atoms with Crippen LogP contribution in [0.3, 0.4) is 0 Å². The Labute approximate surface area is 370 Å². The Bertz CT molecular complexity index is 2420. The van der Waals surface area contributed by atoms with E-state index in [0.717, 1.165) is 6.92 Å². The lowest BCUT2D eigenvalue weighted by molar-refractivity contribution is -0.143. The number of Topliss-reactive ketones (excluding diaryl/α,β-unsaturated/α-hetero) is 1. The van der Waals surface area contributed by atoms with Gasteiger partial charge in [0.25, 0.3) is 0 Å². The maximum absolute atomic E-state index is 14.8. The van der Waals surface area contributed by atoms with Crippen molar-refractivity contribution in [2.45, 2.75) is 117 Å². The summed E-state index contributed by atoms with van der Waals surface area (Å²) >= 11 is 0. The molecule has 65 heavy (non-hydrogen) atoms. The zero-order valence-electron chi connectivity index (χ0n) is 36.2. The number of hydrogen-bond donors (Lipinski definition) is 9. The summed E-state index contributed by atoms with van der Waals surface area (Å²) in [4.78, 5) is 133. The number of aromatic amines is 1. The third-order valence-electron chi connectivity index (χ3n) is 13.8. The van der Waals surface area contributed by atoms with E-state index in [2.05, 4.69) is 4.98 Å². The van der Waals surface area contributed by atoms with E-state index in [1.54, 1.807) is 0 Å². The van der Waals surface area contributed by atoms with E-state index in [0.29, 0.717) is 0 Å². The highest BCUT2D eigenvalue weighted by Gasteiger charge is 2.68. The lowest BCUT2D eigenvalue weighted by atomic mass is 9.55. The molecule has 0 spiro atoms. The number of ketones is 1. The number of H-pyrrole nitrogens is 1. The Hall–Kier alpha value is -6.80. The summed E-state index contributed by atoms with van der Waals surface area (Å²) < 4.78 is 0. The number of carboxylic acids is 8. The lowest BCUT2D eigenvalue weighted by Crippen LogP contribution is -2.59. The van der Waals surface area contributed by atoms with Crippen molar-refractivity contribution in [1.29, 1.82) is 0 Å². The number of nitrogens with one attached hydrogen (secondary N) is 1. The second kappa shape index (κ2) is 18.4. The van der Waals surface area contributed by atoms with Crippen molar-refractivity contribution in [2.24, 2.45) is 49.0 Å². The minimum absolute atomic E-state index is 0.0190. The molecule has 0 radical (unpaired) electrons. The van der Waals surface area contributed by atoms with Gasteiger partial charge in [0.1, 0.15) is 0 Å². The van der Waals surface area contributed by atoms with E-state index >= 15 is 0 Å². The number of nitrogens with zero attached hydrogens (tertiary/aromatic N) is 3.